The highest BCUT2D eigenvalue weighted by Gasteiger charge is 2.02. The van der Waals surface area contributed by atoms with E-state index in [4.69, 9.17) is 10.5 Å². The molecule has 0 radical (unpaired) electrons. The molecule has 1 amide bonds. The first-order valence-electron chi connectivity index (χ1n) is 8.50. The zero-order valence-electron chi connectivity index (χ0n) is 15.5. The molecule has 9 heteroatoms. The van der Waals surface area contributed by atoms with Gasteiger partial charge in [-0.3, -0.25) is 4.79 Å². The fourth-order valence-electron chi connectivity index (χ4n) is 2.20. The Morgan fingerprint density at radius 3 is 2.63 bits per heavy atom. The molecular formula is C18H26IN5O2S. The van der Waals surface area contributed by atoms with Crippen LogP contribution in [0.4, 0.5) is 0 Å². The fourth-order valence-corrected chi connectivity index (χ4v) is 2.91. The number of thiazole rings is 1. The summed E-state index contributed by atoms with van der Waals surface area (Å²) in [4.78, 5) is 20.8. The highest BCUT2D eigenvalue weighted by molar-refractivity contribution is 14.0. The predicted molar refractivity (Wildman–Crippen MR) is 120 cm³/mol. The first-order valence-corrected chi connectivity index (χ1v) is 9.32. The van der Waals surface area contributed by atoms with E-state index in [1.54, 1.807) is 11.3 Å². The number of aryl methyl sites for hydroxylation is 1. The van der Waals surface area contributed by atoms with Crippen LogP contribution in [0.15, 0.2) is 35.5 Å². The lowest BCUT2D eigenvalue weighted by atomic mass is 10.1. The largest absolute Gasteiger partial charge is 0.484 e. The summed E-state index contributed by atoms with van der Waals surface area (Å²) < 4.78 is 5.25. The third-order valence-corrected chi connectivity index (χ3v) is 4.29. The zero-order valence-corrected chi connectivity index (χ0v) is 18.7. The normalized spacial score (nSPS) is 10.8. The Balaban J connectivity index is 0.00000364. The number of nitrogens with one attached hydrogen (secondary N) is 2. The van der Waals surface area contributed by atoms with Crippen LogP contribution in [0.3, 0.4) is 0 Å². The van der Waals surface area contributed by atoms with Crippen LogP contribution in [0, 0.1) is 6.92 Å². The van der Waals surface area contributed by atoms with Crippen LogP contribution in [-0.2, 0) is 17.8 Å². The first kappa shape index (κ1) is 23.2. The van der Waals surface area contributed by atoms with Crippen molar-refractivity contribution in [3.63, 3.8) is 0 Å². The van der Waals surface area contributed by atoms with Gasteiger partial charge in [0.25, 0.3) is 5.91 Å². The number of carbonyl (C=O) groups excluding carboxylic acids is 1. The molecule has 2 rings (SSSR count). The van der Waals surface area contributed by atoms with Crippen LogP contribution >= 0.6 is 35.3 Å². The Hall–Kier alpha value is -1.88. The van der Waals surface area contributed by atoms with Crippen LogP contribution in [-0.4, -0.2) is 36.5 Å². The molecule has 2 aromatic rings. The highest BCUT2D eigenvalue weighted by Crippen LogP contribution is 2.13. The van der Waals surface area contributed by atoms with Crippen molar-refractivity contribution in [1.82, 2.24) is 15.6 Å². The average molecular weight is 503 g/mol. The lowest BCUT2D eigenvalue weighted by molar-refractivity contribution is -0.119. The molecule has 7 nitrogen and oxygen atoms in total. The van der Waals surface area contributed by atoms with Gasteiger partial charge in [-0.2, -0.15) is 0 Å². The Kier molecular flexibility index (Phi) is 10.7. The number of ether oxygens (including phenoxy) is 1. The number of rotatable bonds is 9. The smallest absolute Gasteiger partial charge is 0.255 e. The van der Waals surface area contributed by atoms with Gasteiger partial charge >= 0.3 is 0 Å². The summed E-state index contributed by atoms with van der Waals surface area (Å²) in [5.41, 5.74) is 6.22. The summed E-state index contributed by atoms with van der Waals surface area (Å²) in [5, 5.41) is 7.56. The van der Waals surface area contributed by atoms with Crippen LogP contribution in [0.25, 0.3) is 0 Å². The molecule has 1 aromatic heterocycles. The molecular weight excluding hydrogens is 477 g/mol. The van der Waals surface area contributed by atoms with Crippen molar-refractivity contribution in [3.8, 4) is 5.75 Å². The number of benzene rings is 1. The van der Waals surface area contributed by atoms with Crippen molar-refractivity contribution in [2.24, 2.45) is 10.7 Å². The fraction of sp³-hybridized carbons (Fsp3) is 0.389. The second-order valence-corrected chi connectivity index (χ2v) is 6.95. The van der Waals surface area contributed by atoms with Gasteiger partial charge in [-0.1, -0.05) is 12.1 Å². The van der Waals surface area contributed by atoms with E-state index in [0.717, 1.165) is 36.0 Å². The van der Waals surface area contributed by atoms with Gasteiger partial charge in [0.1, 0.15) is 10.8 Å². The molecule has 0 aliphatic heterocycles. The van der Waals surface area contributed by atoms with Crippen molar-refractivity contribution < 1.29 is 9.53 Å². The summed E-state index contributed by atoms with van der Waals surface area (Å²) in [6, 6.07) is 7.62. The second-order valence-electron chi connectivity index (χ2n) is 5.64. The SMILES string of the molecule is CCNC(=NCc1ncc(C)s1)NCCc1ccc(OCC(N)=O)cc1.I. The number of aromatic nitrogens is 1. The summed E-state index contributed by atoms with van der Waals surface area (Å²) >= 11 is 1.66. The monoisotopic (exact) mass is 503 g/mol. The highest BCUT2D eigenvalue weighted by atomic mass is 127. The standard InChI is InChI=1S/C18H25N5O2S.HI/c1-3-20-18(23-11-17-22-10-13(2)26-17)21-9-8-14-4-6-15(7-5-14)25-12-16(19)24;/h4-7,10H,3,8-9,11-12H2,1-2H3,(H2,19,24)(H2,20,21,23);1H. The first-order chi connectivity index (χ1) is 12.6. The molecule has 0 atom stereocenters. The summed E-state index contributed by atoms with van der Waals surface area (Å²) in [5.74, 6) is 0.928. The molecule has 27 heavy (non-hydrogen) atoms. The minimum absolute atomic E-state index is 0. The maximum absolute atomic E-state index is 10.7. The molecule has 1 heterocycles. The summed E-state index contributed by atoms with van der Waals surface area (Å²) in [6.07, 6.45) is 2.71. The number of nitrogens with zero attached hydrogens (tertiary/aromatic N) is 2. The van der Waals surface area contributed by atoms with E-state index >= 15 is 0 Å². The molecule has 0 aliphatic rings. The second kappa shape index (κ2) is 12.5. The Bertz CT molecular complexity index is 734. The van der Waals surface area contributed by atoms with Gasteiger partial charge < -0.3 is 21.1 Å². The Morgan fingerprint density at radius 2 is 2.04 bits per heavy atom. The number of primary amides is 1. The predicted octanol–water partition coefficient (Wildman–Crippen LogP) is 2.23. The number of nitrogens with two attached hydrogens (primary N) is 1. The Labute approximate surface area is 180 Å². The van der Waals surface area contributed by atoms with Crippen LogP contribution in [0.5, 0.6) is 5.75 Å². The van der Waals surface area contributed by atoms with Crippen LogP contribution in [0.2, 0.25) is 0 Å². The van der Waals surface area contributed by atoms with E-state index < -0.39 is 5.91 Å². The molecule has 0 bridgehead atoms. The quantitative estimate of drug-likeness (QED) is 0.277. The van der Waals surface area contributed by atoms with E-state index in [0.29, 0.717) is 12.3 Å². The maximum atomic E-state index is 10.7. The van der Waals surface area contributed by atoms with Crippen molar-refractivity contribution in [3.05, 3.63) is 45.9 Å². The molecule has 0 unspecified atom stereocenters. The van der Waals surface area contributed by atoms with Crippen LogP contribution < -0.4 is 21.1 Å². The number of hydrogen-bond acceptors (Lipinski definition) is 5. The van der Waals surface area contributed by atoms with Gasteiger partial charge in [0, 0.05) is 24.2 Å². The molecule has 1 aromatic carbocycles. The number of hydrogen-bond donors (Lipinski definition) is 3. The molecule has 0 saturated heterocycles. The number of carbonyl (C=O) groups is 1. The van der Waals surface area contributed by atoms with E-state index in [1.807, 2.05) is 44.3 Å². The topological polar surface area (TPSA) is 102 Å². The van der Waals surface area contributed by atoms with Crippen molar-refractivity contribution >= 4 is 47.2 Å². The van der Waals surface area contributed by atoms with Gasteiger partial charge in [0.2, 0.25) is 0 Å². The van der Waals surface area contributed by atoms with Gasteiger partial charge in [-0.05, 0) is 38.0 Å². The molecule has 4 N–H and O–H groups in total. The number of halogens is 1. The van der Waals surface area contributed by atoms with Gasteiger partial charge in [-0.25, -0.2) is 9.98 Å². The maximum Gasteiger partial charge on any atom is 0.255 e. The number of amides is 1. The van der Waals surface area contributed by atoms with Crippen molar-refractivity contribution in [2.75, 3.05) is 19.7 Å². The summed E-state index contributed by atoms with van der Waals surface area (Å²) in [7, 11) is 0. The average Bonchev–Trinajstić information content (AvgIpc) is 3.04. The molecule has 0 saturated carbocycles. The van der Waals surface area contributed by atoms with E-state index in [2.05, 4.69) is 20.6 Å². The van der Waals surface area contributed by atoms with Gasteiger partial charge in [0.05, 0.1) is 6.54 Å². The van der Waals surface area contributed by atoms with E-state index in [9.17, 15) is 4.79 Å². The zero-order chi connectivity index (χ0) is 18.8. The molecule has 0 fully saturated rings. The van der Waals surface area contributed by atoms with E-state index in [-0.39, 0.29) is 30.6 Å². The minimum atomic E-state index is -0.485. The van der Waals surface area contributed by atoms with E-state index in [1.165, 1.54) is 4.88 Å². The molecule has 148 valence electrons. The number of guanidine groups is 1. The van der Waals surface area contributed by atoms with Crippen molar-refractivity contribution in [2.45, 2.75) is 26.8 Å². The number of aliphatic imine (C=N–C) groups is 1. The lowest BCUT2D eigenvalue weighted by Crippen LogP contribution is -2.38. The minimum Gasteiger partial charge on any atom is -0.484 e. The van der Waals surface area contributed by atoms with Crippen molar-refractivity contribution in [1.29, 1.82) is 0 Å². The van der Waals surface area contributed by atoms with Gasteiger partial charge in [0.15, 0.2) is 12.6 Å². The molecule has 0 spiro atoms. The summed E-state index contributed by atoms with van der Waals surface area (Å²) in [6.45, 7) is 6.09. The van der Waals surface area contributed by atoms with Gasteiger partial charge in [-0.15, -0.1) is 35.3 Å². The Morgan fingerprint density at radius 1 is 1.30 bits per heavy atom. The third-order valence-electron chi connectivity index (χ3n) is 3.40. The molecule has 0 aliphatic carbocycles. The third kappa shape index (κ3) is 9.05. The van der Waals surface area contributed by atoms with Crippen LogP contribution in [0.1, 0.15) is 22.4 Å². The lowest BCUT2D eigenvalue weighted by Gasteiger charge is -2.11.